The monoisotopic (exact) mass is 392 g/mol. The number of rotatable bonds is 2. The number of anilines is 1. The molecule has 2 saturated heterocycles. The minimum absolute atomic E-state index is 0.111. The fourth-order valence-corrected chi connectivity index (χ4v) is 4.99. The van der Waals surface area contributed by atoms with E-state index in [-0.39, 0.29) is 23.6 Å². The lowest BCUT2D eigenvalue weighted by molar-refractivity contribution is -0.129. The molecule has 2 fully saturated rings. The zero-order chi connectivity index (χ0) is 19.6. The normalized spacial score (nSPS) is 27.6. The molecule has 3 aliphatic heterocycles. The molecule has 6 heteroatoms. The fourth-order valence-electron chi connectivity index (χ4n) is 4.87. The van der Waals surface area contributed by atoms with Crippen molar-refractivity contribution in [2.24, 2.45) is 11.8 Å². The van der Waals surface area contributed by atoms with Crippen molar-refractivity contribution in [3.8, 4) is 0 Å². The molecule has 4 atom stereocenters. The molecule has 3 heterocycles. The minimum atomic E-state index is -0.693. The van der Waals surface area contributed by atoms with E-state index >= 15 is 0 Å². The molecule has 0 aromatic heterocycles. The first-order valence-corrected chi connectivity index (χ1v) is 9.55. The molecule has 0 saturated carbocycles. The van der Waals surface area contributed by atoms with Gasteiger partial charge < -0.3 is 4.90 Å². The van der Waals surface area contributed by atoms with Gasteiger partial charge in [0.25, 0.3) is 0 Å². The van der Waals surface area contributed by atoms with E-state index in [4.69, 9.17) is 11.6 Å². The maximum Gasteiger partial charge on any atom is 0.240 e. The third kappa shape index (κ3) is 2.23. The lowest BCUT2D eigenvalue weighted by Gasteiger charge is -2.34. The molecule has 28 heavy (non-hydrogen) atoms. The van der Waals surface area contributed by atoms with Crippen molar-refractivity contribution in [1.29, 1.82) is 0 Å². The third-order valence-electron chi connectivity index (χ3n) is 5.96. The van der Waals surface area contributed by atoms with Gasteiger partial charge in [0, 0.05) is 11.2 Å². The molecule has 0 bridgehead atoms. The maximum atomic E-state index is 13.4. The predicted molar refractivity (Wildman–Crippen MR) is 105 cm³/mol. The van der Waals surface area contributed by atoms with Gasteiger partial charge in [0.15, 0.2) is 5.78 Å². The highest BCUT2D eigenvalue weighted by Gasteiger charge is 2.63. The summed E-state index contributed by atoms with van der Waals surface area (Å²) in [6.07, 6.45) is 3.79. The molecule has 0 aliphatic carbocycles. The van der Waals surface area contributed by atoms with Crippen LogP contribution in [0.15, 0.2) is 54.7 Å². The second-order valence-electron chi connectivity index (χ2n) is 7.43. The topological polar surface area (TPSA) is 57.7 Å². The molecule has 2 amide bonds. The molecular weight excluding hydrogens is 376 g/mol. The Morgan fingerprint density at radius 2 is 1.64 bits per heavy atom. The average Bonchev–Trinajstić information content (AvgIpc) is 3.16. The first kappa shape index (κ1) is 17.2. The summed E-state index contributed by atoms with van der Waals surface area (Å²) in [7, 11) is 0. The van der Waals surface area contributed by atoms with Crippen molar-refractivity contribution in [2.45, 2.75) is 19.0 Å². The summed E-state index contributed by atoms with van der Waals surface area (Å²) in [4.78, 5) is 42.4. The zero-order valence-electron chi connectivity index (χ0n) is 15.1. The lowest BCUT2D eigenvalue weighted by Crippen LogP contribution is -2.43. The first-order chi connectivity index (χ1) is 13.5. The number of Topliss-reactive ketones (excluding diaryl/α,β-unsaturated/α-hetero) is 1. The molecule has 140 valence electrons. The molecular formula is C22H17ClN2O3. The van der Waals surface area contributed by atoms with Crippen molar-refractivity contribution >= 4 is 41.0 Å². The van der Waals surface area contributed by atoms with E-state index in [0.717, 1.165) is 11.1 Å². The highest BCUT2D eigenvalue weighted by Crippen LogP contribution is 2.53. The summed E-state index contributed by atoms with van der Waals surface area (Å²) in [5, 5.41) is 0.530. The van der Waals surface area contributed by atoms with E-state index in [9.17, 15) is 14.4 Å². The molecule has 0 spiro atoms. The summed E-state index contributed by atoms with van der Waals surface area (Å²) in [6.45, 7) is 1.49. The van der Waals surface area contributed by atoms with Gasteiger partial charge in [-0.25, -0.2) is 4.90 Å². The standard InChI is InChI=1S/C22H17ClN2O3/c1-12(26)19-17-18(20-16-5-3-2-4-13(16)10-11-24(19)20)22(28)25(21(17)27)15-8-6-14(23)7-9-15/h2-11,17-20H,1H3/t17-,18-,19-,20-/m1/s1. The van der Waals surface area contributed by atoms with Crippen LogP contribution in [0.4, 0.5) is 5.69 Å². The largest absolute Gasteiger partial charge is 0.359 e. The van der Waals surface area contributed by atoms with Crippen LogP contribution in [0.2, 0.25) is 5.02 Å². The predicted octanol–water partition coefficient (Wildman–Crippen LogP) is 3.44. The number of ketones is 1. The van der Waals surface area contributed by atoms with Crippen molar-refractivity contribution < 1.29 is 14.4 Å². The van der Waals surface area contributed by atoms with Crippen LogP contribution >= 0.6 is 11.6 Å². The van der Waals surface area contributed by atoms with Gasteiger partial charge in [0.1, 0.15) is 0 Å². The average molecular weight is 393 g/mol. The van der Waals surface area contributed by atoms with Crippen LogP contribution in [-0.4, -0.2) is 28.5 Å². The van der Waals surface area contributed by atoms with E-state index in [0.29, 0.717) is 10.7 Å². The Kier molecular flexibility index (Phi) is 3.71. The number of amides is 2. The number of halogens is 1. The van der Waals surface area contributed by atoms with E-state index in [1.807, 2.05) is 41.4 Å². The first-order valence-electron chi connectivity index (χ1n) is 9.17. The second kappa shape index (κ2) is 6.04. The molecule has 0 radical (unpaired) electrons. The van der Waals surface area contributed by atoms with Crippen molar-refractivity contribution in [2.75, 3.05) is 4.90 Å². The summed E-state index contributed by atoms with van der Waals surface area (Å²) in [5.74, 6) is -1.98. The van der Waals surface area contributed by atoms with Crippen LogP contribution in [0.3, 0.4) is 0 Å². The van der Waals surface area contributed by atoms with Gasteiger partial charge in [-0.2, -0.15) is 0 Å². The molecule has 0 N–H and O–H groups in total. The van der Waals surface area contributed by atoms with E-state index in [2.05, 4.69) is 0 Å². The van der Waals surface area contributed by atoms with Crippen LogP contribution < -0.4 is 4.90 Å². The van der Waals surface area contributed by atoms with Gasteiger partial charge in [-0.05, 0) is 48.4 Å². The lowest BCUT2D eigenvalue weighted by atomic mass is 9.84. The number of hydrogen-bond donors (Lipinski definition) is 0. The Morgan fingerprint density at radius 3 is 2.36 bits per heavy atom. The van der Waals surface area contributed by atoms with Crippen LogP contribution in [0.25, 0.3) is 6.08 Å². The van der Waals surface area contributed by atoms with Gasteiger partial charge in [0.2, 0.25) is 11.8 Å². The van der Waals surface area contributed by atoms with Crippen LogP contribution in [0, 0.1) is 11.8 Å². The zero-order valence-corrected chi connectivity index (χ0v) is 15.8. The second-order valence-corrected chi connectivity index (χ2v) is 7.87. The maximum absolute atomic E-state index is 13.4. The van der Waals surface area contributed by atoms with E-state index in [1.165, 1.54) is 11.8 Å². The number of benzene rings is 2. The van der Waals surface area contributed by atoms with Gasteiger partial charge in [0.05, 0.1) is 29.6 Å². The van der Waals surface area contributed by atoms with Crippen molar-refractivity contribution in [3.63, 3.8) is 0 Å². The summed E-state index contributed by atoms with van der Waals surface area (Å²) in [6, 6.07) is 13.5. The highest BCUT2D eigenvalue weighted by atomic mass is 35.5. The summed E-state index contributed by atoms with van der Waals surface area (Å²) in [5.41, 5.74) is 2.47. The number of fused-ring (bicyclic) bond motifs is 5. The summed E-state index contributed by atoms with van der Waals surface area (Å²) >= 11 is 5.95. The molecule has 2 aromatic rings. The molecule has 2 aromatic carbocycles. The minimum Gasteiger partial charge on any atom is -0.359 e. The highest BCUT2D eigenvalue weighted by molar-refractivity contribution is 6.31. The van der Waals surface area contributed by atoms with Gasteiger partial charge in [-0.1, -0.05) is 35.9 Å². The fraction of sp³-hybridized carbons (Fsp3) is 0.227. The smallest absolute Gasteiger partial charge is 0.240 e. The SMILES string of the molecule is CC(=O)[C@@H]1[C@@H]2C(=O)N(c3ccc(Cl)cc3)C(=O)[C@H]2[C@H]2c3ccccc3C=CN12. The Morgan fingerprint density at radius 1 is 0.964 bits per heavy atom. The van der Waals surface area contributed by atoms with Crippen LogP contribution in [0.5, 0.6) is 0 Å². The van der Waals surface area contributed by atoms with Gasteiger partial charge >= 0.3 is 0 Å². The quantitative estimate of drug-likeness (QED) is 0.734. The number of nitrogens with zero attached hydrogens (tertiary/aromatic N) is 2. The molecule has 5 rings (SSSR count). The van der Waals surface area contributed by atoms with Gasteiger partial charge in [-0.15, -0.1) is 0 Å². The Bertz CT molecular complexity index is 1050. The number of carbonyl (C=O) groups is 3. The van der Waals surface area contributed by atoms with E-state index in [1.54, 1.807) is 24.3 Å². The molecule has 0 unspecified atom stereocenters. The Labute approximate surface area is 167 Å². The molecule has 5 nitrogen and oxygen atoms in total. The van der Waals surface area contributed by atoms with Crippen molar-refractivity contribution in [1.82, 2.24) is 4.90 Å². The van der Waals surface area contributed by atoms with Crippen molar-refractivity contribution in [3.05, 3.63) is 70.9 Å². The van der Waals surface area contributed by atoms with Gasteiger partial charge in [-0.3, -0.25) is 14.4 Å². The van der Waals surface area contributed by atoms with E-state index < -0.39 is 17.9 Å². The number of carbonyl (C=O) groups excluding carboxylic acids is 3. The number of hydrogen-bond acceptors (Lipinski definition) is 4. The number of imide groups is 1. The van der Waals surface area contributed by atoms with Crippen LogP contribution in [0.1, 0.15) is 24.1 Å². The third-order valence-corrected chi connectivity index (χ3v) is 6.21. The summed E-state index contributed by atoms with van der Waals surface area (Å²) < 4.78 is 0. The Hall–Kier alpha value is -2.92. The van der Waals surface area contributed by atoms with Crippen LogP contribution in [-0.2, 0) is 14.4 Å². The molecule has 3 aliphatic rings. The Balaban J connectivity index is 1.65.